The average Bonchev–Trinajstić information content (AvgIpc) is 2.83. The van der Waals surface area contributed by atoms with Gasteiger partial charge in [0.25, 0.3) is 0 Å². The van der Waals surface area contributed by atoms with E-state index in [1.165, 1.54) is 69.6 Å². The van der Waals surface area contributed by atoms with E-state index in [4.69, 9.17) is 0 Å². The Kier molecular flexibility index (Phi) is 10.4. The summed E-state index contributed by atoms with van der Waals surface area (Å²) in [6.07, 6.45) is 14.2. The molecule has 174 valence electrons. The molecule has 0 aliphatic rings. The van der Waals surface area contributed by atoms with Crippen molar-refractivity contribution >= 4 is 21.7 Å². The highest BCUT2D eigenvalue weighted by Gasteiger charge is 2.17. The largest absolute Gasteiger partial charge is 0.387 e. The highest BCUT2D eigenvalue weighted by atomic mass is 16.3. The molecule has 2 aromatic carbocycles. The summed E-state index contributed by atoms with van der Waals surface area (Å²) in [5.41, 5.74) is 1.97. The van der Waals surface area contributed by atoms with Crippen LogP contribution in [0.2, 0.25) is 0 Å². The van der Waals surface area contributed by atoms with Crippen molar-refractivity contribution in [3.8, 4) is 0 Å². The van der Waals surface area contributed by atoms with Gasteiger partial charge in [-0.05, 0) is 54.4 Å². The molecule has 0 radical (unpaired) electrons. The van der Waals surface area contributed by atoms with Crippen LogP contribution in [-0.2, 0) is 0 Å². The maximum atomic E-state index is 11.4. The van der Waals surface area contributed by atoms with Crippen LogP contribution in [0.15, 0.2) is 48.7 Å². The molecule has 1 heterocycles. The Morgan fingerprint density at radius 3 is 2.00 bits per heavy atom. The molecule has 0 aliphatic heterocycles. The van der Waals surface area contributed by atoms with Gasteiger partial charge in [0.2, 0.25) is 0 Å². The van der Waals surface area contributed by atoms with Crippen LogP contribution in [0.4, 0.5) is 0 Å². The molecule has 1 atom stereocenters. The summed E-state index contributed by atoms with van der Waals surface area (Å²) >= 11 is 0. The molecule has 3 aromatic rings. The van der Waals surface area contributed by atoms with Crippen molar-refractivity contribution in [2.24, 2.45) is 0 Å². The van der Waals surface area contributed by atoms with E-state index in [9.17, 15) is 5.11 Å². The topological polar surface area (TPSA) is 36.4 Å². The molecule has 3 rings (SSSR count). The van der Waals surface area contributed by atoms with Crippen LogP contribution in [0.1, 0.15) is 89.7 Å². The van der Waals surface area contributed by atoms with Crippen molar-refractivity contribution in [1.29, 1.82) is 0 Å². The molecule has 3 nitrogen and oxygen atoms in total. The first-order valence-electron chi connectivity index (χ1n) is 12.9. The van der Waals surface area contributed by atoms with Crippen molar-refractivity contribution in [3.63, 3.8) is 0 Å². The number of fused-ring (bicyclic) bond motifs is 3. The van der Waals surface area contributed by atoms with Crippen molar-refractivity contribution in [2.45, 2.75) is 84.2 Å². The number of hydrogen-bond acceptors (Lipinski definition) is 3. The van der Waals surface area contributed by atoms with Gasteiger partial charge in [0.15, 0.2) is 0 Å². The fraction of sp³-hybridized carbons (Fsp3) is 0.552. The Labute approximate surface area is 194 Å². The average molecular weight is 435 g/mol. The number of aliphatic hydroxyl groups is 1. The Balaban J connectivity index is 1.73. The minimum Gasteiger partial charge on any atom is -0.387 e. The monoisotopic (exact) mass is 434 g/mol. The Hall–Kier alpha value is -1.97. The van der Waals surface area contributed by atoms with Crippen molar-refractivity contribution < 1.29 is 5.11 Å². The van der Waals surface area contributed by atoms with Gasteiger partial charge in [-0.25, -0.2) is 0 Å². The Morgan fingerprint density at radius 2 is 1.34 bits per heavy atom. The van der Waals surface area contributed by atoms with E-state index in [1.807, 2.05) is 12.3 Å². The lowest BCUT2D eigenvalue weighted by Crippen LogP contribution is -2.31. The van der Waals surface area contributed by atoms with E-state index in [-0.39, 0.29) is 0 Å². The second-order valence-corrected chi connectivity index (χ2v) is 9.23. The first-order chi connectivity index (χ1) is 15.7. The first-order valence-corrected chi connectivity index (χ1v) is 12.9. The van der Waals surface area contributed by atoms with Crippen molar-refractivity contribution in [3.05, 3.63) is 54.2 Å². The molecule has 0 spiro atoms. The summed E-state index contributed by atoms with van der Waals surface area (Å²) < 4.78 is 0. The summed E-state index contributed by atoms with van der Waals surface area (Å²) in [6.45, 7) is 7.39. The molecule has 0 saturated carbocycles. The predicted octanol–water partition coefficient (Wildman–Crippen LogP) is 7.66. The standard InChI is InChI=1S/C29H42N2O/c1-3-5-7-9-13-20-31(21-14-10-8-6-4-2)23-29(32)27-22-28-26(18-15-19-30-28)24-16-11-12-17-25(24)27/h11-12,15-19,22,29,32H,3-10,13-14,20-21,23H2,1-2H3. The number of rotatable bonds is 15. The Morgan fingerprint density at radius 1 is 0.750 bits per heavy atom. The first kappa shape index (κ1) is 24.7. The Bertz CT molecular complexity index is 925. The number of hydrogen-bond donors (Lipinski definition) is 1. The molecule has 0 fully saturated rings. The summed E-state index contributed by atoms with van der Waals surface area (Å²) in [7, 11) is 0. The molecule has 0 saturated heterocycles. The summed E-state index contributed by atoms with van der Waals surface area (Å²) in [5, 5.41) is 14.8. The van der Waals surface area contributed by atoms with E-state index in [1.54, 1.807) is 0 Å². The summed E-state index contributed by atoms with van der Waals surface area (Å²) in [6, 6.07) is 14.6. The second-order valence-electron chi connectivity index (χ2n) is 9.23. The van der Waals surface area contributed by atoms with E-state index < -0.39 is 6.10 Å². The normalized spacial score (nSPS) is 12.8. The highest BCUT2D eigenvalue weighted by Crippen LogP contribution is 2.31. The van der Waals surface area contributed by atoms with E-state index in [0.717, 1.165) is 34.9 Å². The minimum atomic E-state index is -0.502. The van der Waals surface area contributed by atoms with Gasteiger partial charge in [0.05, 0.1) is 11.6 Å². The van der Waals surface area contributed by atoms with Crippen LogP contribution in [0.25, 0.3) is 21.7 Å². The lowest BCUT2D eigenvalue weighted by molar-refractivity contribution is 0.111. The number of nitrogens with zero attached hydrogens (tertiary/aromatic N) is 2. The van der Waals surface area contributed by atoms with Crippen LogP contribution in [0.3, 0.4) is 0 Å². The van der Waals surface area contributed by atoms with Gasteiger partial charge in [-0.15, -0.1) is 0 Å². The van der Waals surface area contributed by atoms with Gasteiger partial charge in [-0.2, -0.15) is 0 Å². The van der Waals surface area contributed by atoms with Crippen LogP contribution < -0.4 is 0 Å². The molecule has 1 unspecified atom stereocenters. The van der Waals surface area contributed by atoms with E-state index in [2.05, 4.69) is 60.1 Å². The zero-order chi connectivity index (χ0) is 22.6. The fourth-order valence-electron chi connectivity index (χ4n) is 4.75. The van der Waals surface area contributed by atoms with E-state index in [0.29, 0.717) is 6.54 Å². The molecule has 3 heteroatoms. The molecule has 0 amide bonds. The third kappa shape index (κ3) is 7.02. The predicted molar refractivity (Wildman–Crippen MR) is 138 cm³/mol. The molecule has 1 N–H and O–H groups in total. The SMILES string of the molecule is CCCCCCCN(CCCCCCC)CC(O)c1cc2ncccc2c2ccccc12. The van der Waals surface area contributed by atoms with Gasteiger partial charge in [-0.3, -0.25) is 4.98 Å². The maximum absolute atomic E-state index is 11.4. The molecule has 32 heavy (non-hydrogen) atoms. The molecule has 0 bridgehead atoms. The summed E-state index contributed by atoms with van der Waals surface area (Å²) in [5.74, 6) is 0. The van der Waals surface area contributed by atoms with Gasteiger partial charge >= 0.3 is 0 Å². The lowest BCUT2D eigenvalue weighted by atomic mass is 9.96. The van der Waals surface area contributed by atoms with E-state index >= 15 is 0 Å². The van der Waals surface area contributed by atoms with Crippen molar-refractivity contribution in [1.82, 2.24) is 9.88 Å². The number of aliphatic hydroxyl groups excluding tert-OH is 1. The lowest BCUT2D eigenvalue weighted by Gasteiger charge is -2.26. The molecular formula is C29H42N2O. The van der Waals surface area contributed by atoms with Crippen LogP contribution in [0, 0.1) is 0 Å². The minimum absolute atomic E-state index is 0.502. The van der Waals surface area contributed by atoms with Gasteiger partial charge in [0, 0.05) is 18.1 Å². The third-order valence-corrected chi connectivity index (χ3v) is 6.60. The van der Waals surface area contributed by atoms with Gasteiger partial charge < -0.3 is 10.0 Å². The molecular weight excluding hydrogens is 392 g/mol. The molecule has 0 aliphatic carbocycles. The molecule has 1 aromatic heterocycles. The zero-order valence-electron chi connectivity index (χ0n) is 20.2. The number of benzene rings is 2. The zero-order valence-corrected chi connectivity index (χ0v) is 20.2. The highest BCUT2D eigenvalue weighted by molar-refractivity contribution is 6.07. The fourth-order valence-corrected chi connectivity index (χ4v) is 4.75. The maximum Gasteiger partial charge on any atom is 0.0923 e. The summed E-state index contributed by atoms with van der Waals surface area (Å²) in [4.78, 5) is 7.09. The van der Waals surface area contributed by atoms with Crippen LogP contribution in [0.5, 0.6) is 0 Å². The number of aromatic nitrogens is 1. The number of pyridine rings is 1. The number of unbranched alkanes of at least 4 members (excludes halogenated alkanes) is 8. The van der Waals surface area contributed by atoms with Gasteiger partial charge in [0.1, 0.15) is 0 Å². The second kappa shape index (κ2) is 13.5. The quantitative estimate of drug-likeness (QED) is 0.197. The van der Waals surface area contributed by atoms with Gasteiger partial charge in [-0.1, -0.05) is 95.5 Å². The van der Waals surface area contributed by atoms with Crippen LogP contribution >= 0.6 is 0 Å². The van der Waals surface area contributed by atoms with Crippen LogP contribution in [-0.4, -0.2) is 34.6 Å². The third-order valence-electron chi connectivity index (χ3n) is 6.60. The van der Waals surface area contributed by atoms with Crippen molar-refractivity contribution in [2.75, 3.05) is 19.6 Å². The smallest absolute Gasteiger partial charge is 0.0923 e.